The van der Waals surface area contributed by atoms with Gasteiger partial charge in [0.2, 0.25) is 4.80 Å². The molecule has 1 heterocycles. The van der Waals surface area contributed by atoms with Gasteiger partial charge in [0.25, 0.3) is 5.69 Å². The van der Waals surface area contributed by atoms with E-state index in [1.54, 1.807) is 12.1 Å². The maximum Gasteiger partial charge on any atom is 0.270 e. The van der Waals surface area contributed by atoms with Crippen molar-refractivity contribution >= 4 is 34.3 Å². The highest BCUT2D eigenvalue weighted by Crippen LogP contribution is 2.26. The Labute approximate surface area is 187 Å². The molecule has 0 atom stereocenters. The van der Waals surface area contributed by atoms with Crippen LogP contribution >= 0.6 is 22.9 Å². The van der Waals surface area contributed by atoms with Crippen molar-refractivity contribution in [3.8, 4) is 16.9 Å². The summed E-state index contributed by atoms with van der Waals surface area (Å²) in [6, 6.07) is 23.7. The molecule has 0 unspecified atom stereocenters. The SMILES string of the molecule is C/C(=N\N=c1/scc(-c2cccc([N+](=O)[O-])c2)n1-c1ccccc1)c1ccc(Cl)cc1. The number of nitro benzene ring substituents is 1. The zero-order chi connectivity index (χ0) is 21.8. The van der Waals surface area contributed by atoms with Crippen molar-refractivity contribution in [3.05, 3.63) is 110 Å². The molecule has 0 amide bonds. The highest BCUT2D eigenvalue weighted by Gasteiger charge is 2.13. The molecular weight excluding hydrogens is 432 g/mol. The first kappa shape index (κ1) is 20.7. The molecule has 154 valence electrons. The molecule has 4 aromatic rings. The van der Waals surface area contributed by atoms with Crippen LogP contribution in [0, 0.1) is 10.1 Å². The summed E-state index contributed by atoms with van der Waals surface area (Å²) in [5.74, 6) is 0. The van der Waals surface area contributed by atoms with E-state index in [1.807, 2.05) is 77.5 Å². The van der Waals surface area contributed by atoms with Gasteiger partial charge in [-0.15, -0.1) is 16.4 Å². The largest absolute Gasteiger partial charge is 0.284 e. The molecule has 3 aromatic carbocycles. The van der Waals surface area contributed by atoms with Gasteiger partial charge < -0.3 is 0 Å². The van der Waals surface area contributed by atoms with Gasteiger partial charge in [-0.25, -0.2) is 0 Å². The Morgan fingerprint density at radius 2 is 1.77 bits per heavy atom. The molecule has 0 fully saturated rings. The van der Waals surface area contributed by atoms with Crippen molar-refractivity contribution in [2.75, 3.05) is 0 Å². The van der Waals surface area contributed by atoms with E-state index in [-0.39, 0.29) is 5.69 Å². The van der Waals surface area contributed by atoms with Crippen LogP contribution in [0.15, 0.2) is 94.4 Å². The van der Waals surface area contributed by atoms with Gasteiger partial charge in [0.05, 0.1) is 16.3 Å². The molecule has 1 aromatic heterocycles. The Kier molecular flexibility index (Phi) is 6.06. The minimum atomic E-state index is -0.395. The Balaban J connectivity index is 1.85. The first-order valence-corrected chi connectivity index (χ1v) is 10.6. The lowest BCUT2D eigenvalue weighted by molar-refractivity contribution is -0.384. The maximum atomic E-state index is 11.2. The molecule has 0 aliphatic heterocycles. The third kappa shape index (κ3) is 4.63. The fourth-order valence-electron chi connectivity index (χ4n) is 3.05. The first-order chi connectivity index (χ1) is 15.0. The minimum absolute atomic E-state index is 0.0402. The standard InChI is InChI=1S/C23H17ClN4O2S/c1-16(17-10-12-19(24)13-11-17)25-26-23-27(20-7-3-2-4-8-20)22(15-31-23)18-6-5-9-21(14-18)28(29)30/h2-15H,1H3/b25-16+,26-23-. The van der Waals surface area contributed by atoms with Crippen molar-refractivity contribution < 1.29 is 4.92 Å². The molecule has 0 spiro atoms. The Bertz CT molecular complexity index is 1330. The van der Waals surface area contributed by atoms with Crippen molar-refractivity contribution in [2.45, 2.75) is 6.92 Å². The van der Waals surface area contributed by atoms with Crippen molar-refractivity contribution in [3.63, 3.8) is 0 Å². The quantitative estimate of drug-likeness (QED) is 0.210. The van der Waals surface area contributed by atoms with E-state index in [1.165, 1.54) is 17.4 Å². The third-order valence-electron chi connectivity index (χ3n) is 4.62. The number of thiazole rings is 1. The van der Waals surface area contributed by atoms with Gasteiger partial charge >= 0.3 is 0 Å². The second-order valence-electron chi connectivity index (χ2n) is 6.67. The number of nitro groups is 1. The van der Waals surface area contributed by atoms with Crippen LogP contribution in [-0.2, 0) is 0 Å². The highest BCUT2D eigenvalue weighted by molar-refractivity contribution is 7.07. The van der Waals surface area contributed by atoms with Crippen LogP contribution in [0.5, 0.6) is 0 Å². The molecular formula is C23H17ClN4O2S. The molecule has 0 aliphatic carbocycles. The van der Waals surface area contributed by atoms with Crippen LogP contribution in [0.1, 0.15) is 12.5 Å². The van der Waals surface area contributed by atoms with Gasteiger partial charge in [-0.3, -0.25) is 14.7 Å². The monoisotopic (exact) mass is 448 g/mol. The Morgan fingerprint density at radius 1 is 1.03 bits per heavy atom. The zero-order valence-corrected chi connectivity index (χ0v) is 18.0. The lowest BCUT2D eigenvalue weighted by Gasteiger charge is -2.09. The highest BCUT2D eigenvalue weighted by atomic mass is 35.5. The third-order valence-corrected chi connectivity index (χ3v) is 5.69. The summed E-state index contributed by atoms with van der Waals surface area (Å²) in [5.41, 5.74) is 4.14. The first-order valence-electron chi connectivity index (χ1n) is 9.38. The molecule has 31 heavy (non-hydrogen) atoms. The van der Waals surface area contributed by atoms with E-state index in [9.17, 15) is 10.1 Å². The summed E-state index contributed by atoms with van der Waals surface area (Å²) in [5, 5.41) is 22.7. The van der Waals surface area contributed by atoms with E-state index in [0.29, 0.717) is 9.82 Å². The van der Waals surface area contributed by atoms with Crippen molar-refractivity contribution in [2.24, 2.45) is 10.2 Å². The fourth-order valence-corrected chi connectivity index (χ4v) is 4.04. The van der Waals surface area contributed by atoms with Crippen LogP contribution in [0.2, 0.25) is 5.02 Å². The van der Waals surface area contributed by atoms with Crippen LogP contribution in [-0.4, -0.2) is 15.2 Å². The number of benzene rings is 3. The Hall–Kier alpha value is -3.55. The minimum Gasteiger partial charge on any atom is -0.284 e. The van der Waals surface area contributed by atoms with Crippen LogP contribution in [0.4, 0.5) is 5.69 Å². The van der Waals surface area contributed by atoms with E-state index in [2.05, 4.69) is 10.2 Å². The molecule has 0 saturated carbocycles. The predicted octanol–water partition coefficient (Wildman–Crippen LogP) is 6.09. The summed E-state index contributed by atoms with van der Waals surface area (Å²) in [6.07, 6.45) is 0. The van der Waals surface area contributed by atoms with Crippen molar-refractivity contribution in [1.82, 2.24) is 4.57 Å². The molecule has 0 aliphatic rings. The van der Waals surface area contributed by atoms with Crippen molar-refractivity contribution in [1.29, 1.82) is 0 Å². The average molecular weight is 449 g/mol. The van der Waals surface area contributed by atoms with Gasteiger partial charge in [0.1, 0.15) is 0 Å². The number of aromatic nitrogens is 1. The molecule has 8 heteroatoms. The lowest BCUT2D eigenvalue weighted by atomic mass is 10.1. The van der Waals surface area contributed by atoms with Gasteiger partial charge in [-0.1, -0.05) is 54.1 Å². The van der Waals surface area contributed by atoms with Crippen LogP contribution in [0.3, 0.4) is 0 Å². The van der Waals surface area contributed by atoms with E-state index < -0.39 is 4.92 Å². The van der Waals surface area contributed by atoms with Gasteiger partial charge in [-0.05, 0) is 36.8 Å². The molecule has 4 rings (SSSR count). The summed E-state index contributed by atoms with van der Waals surface area (Å²) in [4.78, 5) is 11.5. The van der Waals surface area contributed by atoms with E-state index in [4.69, 9.17) is 11.6 Å². The second kappa shape index (κ2) is 9.07. The lowest BCUT2D eigenvalue weighted by Crippen LogP contribution is -2.13. The topological polar surface area (TPSA) is 72.8 Å². The number of nitrogens with zero attached hydrogens (tertiary/aromatic N) is 4. The summed E-state index contributed by atoms with van der Waals surface area (Å²) in [6.45, 7) is 1.88. The summed E-state index contributed by atoms with van der Waals surface area (Å²) < 4.78 is 1.95. The predicted molar refractivity (Wildman–Crippen MR) is 125 cm³/mol. The number of para-hydroxylation sites is 1. The molecule has 0 saturated heterocycles. The molecule has 6 nitrogen and oxygen atoms in total. The van der Waals surface area contributed by atoms with Crippen LogP contribution < -0.4 is 4.80 Å². The smallest absolute Gasteiger partial charge is 0.270 e. The van der Waals surface area contributed by atoms with Gasteiger partial charge in [0, 0.05) is 33.8 Å². The second-order valence-corrected chi connectivity index (χ2v) is 7.95. The number of hydrogen-bond acceptors (Lipinski definition) is 5. The average Bonchev–Trinajstić information content (AvgIpc) is 3.22. The zero-order valence-electron chi connectivity index (χ0n) is 16.5. The van der Waals surface area contributed by atoms with Crippen LogP contribution in [0.25, 0.3) is 16.9 Å². The normalized spacial score (nSPS) is 12.2. The molecule has 0 N–H and O–H groups in total. The number of halogens is 1. The van der Waals surface area contributed by atoms with Gasteiger partial charge in [0.15, 0.2) is 0 Å². The molecule has 0 radical (unpaired) electrons. The van der Waals surface area contributed by atoms with E-state index in [0.717, 1.165) is 28.2 Å². The summed E-state index contributed by atoms with van der Waals surface area (Å²) >= 11 is 7.38. The molecule has 0 bridgehead atoms. The fraction of sp³-hybridized carbons (Fsp3) is 0.0435. The van der Waals surface area contributed by atoms with Gasteiger partial charge in [-0.2, -0.15) is 5.10 Å². The Morgan fingerprint density at radius 3 is 2.48 bits per heavy atom. The van der Waals surface area contributed by atoms with E-state index >= 15 is 0 Å². The number of hydrogen-bond donors (Lipinski definition) is 0. The number of non-ortho nitro benzene ring substituents is 1. The maximum absolute atomic E-state index is 11.2. The number of rotatable bonds is 5. The summed E-state index contributed by atoms with van der Waals surface area (Å²) in [7, 11) is 0.